The van der Waals surface area contributed by atoms with Gasteiger partial charge in [-0.1, -0.05) is 41.6 Å². The Morgan fingerprint density at radius 2 is 1.19 bits per heavy atom. The van der Waals surface area contributed by atoms with E-state index in [1.807, 2.05) is 67.1 Å². The fourth-order valence-corrected chi connectivity index (χ4v) is 3.70. The molecule has 4 aromatic heterocycles. The molecule has 37 heavy (non-hydrogen) atoms. The average Bonchev–Trinajstić information content (AvgIpc) is 2.95. The minimum Gasteiger partial charge on any atom is -0.537 e. The van der Waals surface area contributed by atoms with Gasteiger partial charge in [0.05, 0.1) is 11.0 Å². The maximum Gasteiger partial charge on any atom is 0.569 e. The predicted octanol–water partition coefficient (Wildman–Crippen LogP) is 6.92. The lowest BCUT2D eigenvalue weighted by molar-refractivity contribution is 0.453. The normalized spacial score (nSPS) is 9.68. The molecule has 0 saturated heterocycles. The van der Waals surface area contributed by atoms with E-state index in [0.29, 0.717) is 13.4 Å². The highest BCUT2D eigenvalue weighted by molar-refractivity contribution is 9.10. The third-order valence-corrected chi connectivity index (χ3v) is 5.51. The van der Waals surface area contributed by atoms with Crippen LogP contribution >= 0.6 is 15.9 Å². The lowest BCUT2D eigenvalue weighted by Crippen LogP contribution is -1.98. The minimum absolute atomic E-state index is 0. The average molecular weight is 552 g/mol. The molecule has 0 amide bonds. The lowest BCUT2D eigenvalue weighted by atomic mass is 10.0. The first kappa shape index (κ1) is 27.5. The number of rotatable bonds is 3. The molecular formula is C29H25BBrN4O2. The highest BCUT2D eigenvalue weighted by atomic mass is 79.9. The highest BCUT2D eigenvalue weighted by Gasteiger charge is 1.99. The van der Waals surface area contributed by atoms with Crippen LogP contribution in [0.3, 0.4) is 0 Å². The van der Waals surface area contributed by atoms with Crippen LogP contribution < -0.4 is 4.65 Å². The van der Waals surface area contributed by atoms with Crippen molar-refractivity contribution in [2.75, 3.05) is 0 Å². The first-order chi connectivity index (χ1) is 17.7. The van der Waals surface area contributed by atoms with Crippen molar-refractivity contribution in [2.45, 2.75) is 7.43 Å². The molecule has 0 aliphatic carbocycles. The van der Waals surface area contributed by atoms with Gasteiger partial charge >= 0.3 is 7.69 Å². The lowest BCUT2D eigenvalue weighted by Gasteiger charge is -2.02. The van der Waals surface area contributed by atoms with Gasteiger partial charge in [-0.25, -0.2) is 0 Å². The van der Waals surface area contributed by atoms with E-state index >= 15 is 0 Å². The van der Waals surface area contributed by atoms with Gasteiger partial charge in [0.25, 0.3) is 0 Å². The number of pyridine rings is 4. The molecule has 1 N–H and O–H groups in total. The molecule has 2 aromatic carbocycles. The second kappa shape index (κ2) is 14.4. The number of aromatic nitrogens is 4. The second-order valence-electron chi connectivity index (χ2n) is 7.39. The summed E-state index contributed by atoms with van der Waals surface area (Å²) in [6.45, 7) is 0. The SMILES string of the molecule is Brc1ccc2ncccc2c1.C.O[B]Oc1ccncc1.c1cnc2ccc(-c3ccncc3)cc2c1. The Morgan fingerprint density at radius 3 is 1.81 bits per heavy atom. The fourth-order valence-electron chi connectivity index (χ4n) is 3.32. The third kappa shape index (κ3) is 8.20. The van der Waals surface area contributed by atoms with Gasteiger partial charge in [0.1, 0.15) is 5.75 Å². The molecule has 0 fully saturated rings. The molecule has 0 aliphatic heterocycles. The maximum atomic E-state index is 8.15. The zero-order valence-corrected chi connectivity index (χ0v) is 20.7. The van der Waals surface area contributed by atoms with Crippen molar-refractivity contribution >= 4 is 45.4 Å². The third-order valence-electron chi connectivity index (χ3n) is 5.02. The molecule has 0 spiro atoms. The van der Waals surface area contributed by atoms with Crippen molar-refractivity contribution in [3.8, 4) is 16.9 Å². The van der Waals surface area contributed by atoms with E-state index in [4.69, 9.17) is 5.02 Å². The smallest absolute Gasteiger partial charge is 0.537 e. The van der Waals surface area contributed by atoms with Gasteiger partial charge in [-0.15, -0.1) is 0 Å². The van der Waals surface area contributed by atoms with Crippen molar-refractivity contribution < 1.29 is 9.68 Å². The number of hydrogen-bond donors (Lipinski definition) is 1. The Balaban J connectivity index is 0.000000160. The largest absolute Gasteiger partial charge is 0.569 e. The zero-order valence-electron chi connectivity index (χ0n) is 19.1. The van der Waals surface area contributed by atoms with Crippen LogP contribution in [0, 0.1) is 0 Å². The molecule has 0 aliphatic rings. The maximum absolute atomic E-state index is 8.15. The van der Waals surface area contributed by atoms with Crippen LogP contribution in [-0.2, 0) is 0 Å². The quantitative estimate of drug-likeness (QED) is 0.240. The minimum atomic E-state index is 0. The molecule has 1 radical (unpaired) electrons. The Labute approximate surface area is 225 Å². The Kier molecular flexibility index (Phi) is 10.7. The number of halogens is 1. The standard InChI is InChI=1S/C14H10N2.C9H6BrN.C5H5BNO2.CH4/c1-2-13-10-12(3-4-14(13)16-7-1)11-5-8-15-9-6-11;10-8-3-4-9-7(6-8)2-1-5-11-9;8-6-9-5-1-3-7-4-2-5;/h1-10H;1-6H;1-4,8H;1H4. The fraction of sp³-hybridized carbons (Fsp3) is 0.0345. The summed E-state index contributed by atoms with van der Waals surface area (Å²) in [5, 5.41) is 10.5. The molecule has 6 nitrogen and oxygen atoms in total. The summed E-state index contributed by atoms with van der Waals surface area (Å²) in [6.07, 6.45) is 10.4. The van der Waals surface area contributed by atoms with Crippen LogP contribution in [0.25, 0.3) is 32.9 Å². The van der Waals surface area contributed by atoms with Gasteiger partial charge in [-0.05, 0) is 77.9 Å². The first-order valence-electron chi connectivity index (χ1n) is 11.0. The number of fused-ring (bicyclic) bond motifs is 2. The molecule has 6 rings (SSSR count). The first-order valence-corrected chi connectivity index (χ1v) is 11.8. The molecule has 0 bridgehead atoms. The zero-order chi connectivity index (χ0) is 25.0. The van der Waals surface area contributed by atoms with Crippen LogP contribution in [0.2, 0.25) is 0 Å². The number of benzene rings is 2. The molecule has 0 saturated carbocycles. The molecular weight excluding hydrogens is 527 g/mol. The van der Waals surface area contributed by atoms with Gasteiger partial charge in [-0.2, -0.15) is 0 Å². The van der Waals surface area contributed by atoms with E-state index in [-0.39, 0.29) is 7.43 Å². The predicted molar refractivity (Wildman–Crippen MR) is 154 cm³/mol. The summed E-state index contributed by atoms with van der Waals surface area (Å²) in [7, 11) is 0.634. The molecule has 4 heterocycles. The summed E-state index contributed by atoms with van der Waals surface area (Å²) in [5.41, 5.74) is 4.44. The summed E-state index contributed by atoms with van der Waals surface area (Å²) in [4.78, 5) is 16.3. The van der Waals surface area contributed by atoms with Crippen LogP contribution in [0.1, 0.15) is 7.43 Å². The van der Waals surface area contributed by atoms with Crippen molar-refractivity contribution in [2.24, 2.45) is 0 Å². The van der Waals surface area contributed by atoms with Gasteiger partial charge in [-0.3, -0.25) is 19.9 Å². The van der Waals surface area contributed by atoms with Crippen LogP contribution in [0.5, 0.6) is 5.75 Å². The molecule has 183 valence electrons. The van der Waals surface area contributed by atoms with E-state index in [2.05, 4.69) is 64.8 Å². The van der Waals surface area contributed by atoms with Gasteiger partial charge < -0.3 is 9.68 Å². The molecule has 8 heteroatoms. The Bertz CT molecular complexity index is 1520. The van der Waals surface area contributed by atoms with Gasteiger partial charge in [0.2, 0.25) is 0 Å². The molecule has 0 atom stereocenters. The number of hydrogen-bond acceptors (Lipinski definition) is 6. The van der Waals surface area contributed by atoms with Crippen LogP contribution in [0.15, 0.2) is 127 Å². The van der Waals surface area contributed by atoms with Gasteiger partial charge in [0.15, 0.2) is 0 Å². The van der Waals surface area contributed by atoms with E-state index in [9.17, 15) is 0 Å². The van der Waals surface area contributed by atoms with Crippen molar-refractivity contribution in [3.05, 3.63) is 127 Å². The summed E-state index contributed by atoms with van der Waals surface area (Å²) < 4.78 is 5.69. The van der Waals surface area contributed by atoms with Gasteiger partial charge in [0, 0.05) is 52.4 Å². The highest BCUT2D eigenvalue weighted by Crippen LogP contribution is 2.22. The van der Waals surface area contributed by atoms with E-state index in [0.717, 1.165) is 20.9 Å². The molecule has 0 unspecified atom stereocenters. The van der Waals surface area contributed by atoms with Crippen molar-refractivity contribution in [1.29, 1.82) is 0 Å². The van der Waals surface area contributed by atoms with Crippen LogP contribution in [-0.4, -0.2) is 32.6 Å². The number of nitrogens with zero attached hydrogens (tertiary/aromatic N) is 4. The van der Waals surface area contributed by atoms with E-state index in [1.54, 1.807) is 30.7 Å². The molecule has 6 aromatic rings. The summed E-state index contributed by atoms with van der Waals surface area (Å²) >= 11 is 3.40. The Morgan fingerprint density at radius 1 is 0.622 bits per heavy atom. The van der Waals surface area contributed by atoms with E-state index in [1.165, 1.54) is 16.5 Å². The topological polar surface area (TPSA) is 81.0 Å². The summed E-state index contributed by atoms with van der Waals surface area (Å²) in [6, 6.07) is 27.7. The Hall–Kier alpha value is -4.14. The van der Waals surface area contributed by atoms with Crippen molar-refractivity contribution in [3.63, 3.8) is 0 Å². The summed E-state index contributed by atoms with van der Waals surface area (Å²) in [5.74, 6) is 0.576. The van der Waals surface area contributed by atoms with Crippen molar-refractivity contribution in [1.82, 2.24) is 19.9 Å². The van der Waals surface area contributed by atoms with Crippen LogP contribution in [0.4, 0.5) is 0 Å². The monoisotopic (exact) mass is 551 g/mol. The van der Waals surface area contributed by atoms with E-state index < -0.39 is 0 Å². The second-order valence-corrected chi connectivity index (χ2v) is 8.31.